The number of hydrogen-bond acceptors (Lipinski definition) is 5. The van der Waals surface area contributed by atoms with Crippen LogP contribution in [0, 0.1) is 0 Å². The van der Waals surface area contributed by atoms with Crippen LogP contribution in [-0.4, -0.2) is 31.7 Å². The summed E-state index contributed by atoms with van der Waals surface area (Å²) in [7, 11) is 0. The molecule has 1 aromatic rings. The largest absolute Gasteiger partial charge is 0.443 e. The molecule has 2 rings (SSSR count). The number of amides is 1. The number of ether oxygens (including phenoxy) is 1. The summed E-state index contributed by atoms with van der Waals surface area (Å²) in [4.78, 5) is 21.1. The molecule has 1 aliphatic heterocycles. The molecule has 0 spiro atoms. The fourth-order valence-electron chi connectivity index (χ4n) is 1.58. The molecule has 0 saturated heterocycles. The lowest BCUT2D eigenvalue weighted by Crippen LogP contribution is -2.34. The molecule has 0 saturated carbocycles. The Morgan fingerprint density at radius 2 is 1.80 bits per heavy atom. The minimum absolute atomic E-state index is 0.247. The zero-order valence-corrected chi connectivity index (χ0v) is 11.6. The van der Waals surface area contributed by atoms with Crippen molar-refractivity contribution in [3.8, 4) is 0 Å². The molecule has 1 amide bonds. The standard InChI is InChI=1S/C14H17N3O3/c1-13(2,3)20-12(18)17-9-5-14(19,6-10-17)11-15-7-4-8-16-11/h4-10,19H,1-3H3. The molecule has 6 nitrogen and oxygen atoms in total. The third-order valence-corrected chi connectivity index (χ3v) is 2.51. The van der Waals surface area contributed by atoms with E-state index in [1.165, 1.54) is 29.5 Å². The maximum Gasteiger partial charge on any atom is 0.418 e. The molecule has 1 aliphatic rings. The number of hydrogen-bond donors (Lipinski definition) is 1. The van der Waals surface area contributed by atoms with Gasteiger partial charge in [-0.2, -0.15) is 0 Å². The van der Waals surface area contributed by atoms with Crippen LogP contribution in [0.1, 0.15) is 26.6 Å². The Balaban J connectivity index is 2.12. The SMILES string of the molecule is CC(C)(C)OC(=O)N1C=CC(O)(c2ncccn2)C=C1. The van der Waals surface area contributed by atoms with Crippen molar-refractivity contribution in [3.63, 3.8) is 0 Å². The highest BCUT2D eigenvalue weighted by atomic mass is 16.6. The summed E-state index contributed by atoms with van der Waals surface area (Å²) in [6.07, 6.45) is 8.32. The Bertz CT molecular complexity index is 533. The van der Waals surface area contributed by atoms with Crippen LogP contribution in [-0.2, 0) is 10.3 Å². The van der Waals surface area contributed by atoms with Crippen LogP contribution in [0.2, 0.25) is 0 Å². The van der Waals surface area contributed by atoms with Crippen molar-refractivity contribution in [1.29, 1.82) is 0 Å². The second-order valence-corrected chi connectivity index (χ2v) is 5.42. The van der Waals surface area contributed by atoms with Crippen LogP contribution in [0.3, 0.4) is 0 Å². The Morgan fingerprint density at radius 3 is 2.30 bits per heavy atom. The fourth-order valence-corrected chi connectivity index (χ4v) is 1.58. The van der Waals surface area contributed by atoms with Crippen LogP contribution in [0.4, 0.5) is 4.79 Å². The molecule has 6 heteroatoms. The molecule has 0 aliphatic carbocycles. The van der Waals surface area contributed by atoms with Gasteiger partial charge in [0.1, 0.15) is 5.60 Å². The summed E-state index contributed by atoms with van der Waals surface area (Å²) in [6, 6.07) is 1.66. The van der Waals surface area contributed by atoms with Crippen molar-refractivity contribution in [1.82, 2.24) is 14.9 Å². The number of carbonyl (C=O) groups is 1. The first kappa shape index (κ1) is 14.2. The molecular weight excluding hydrogens is 258 g/mol. The van der Waals surface area contributed by atoms with E-state index < -0.39 is 17.3 Å². The fraction of sp³-hybridized carbons (Fsp3) is 0.357. The van der Waals surface area contributed by atoms with Crippen LogP contribution in [0.5, 0.6) is 0 Å². The quantitative estimate of drug-likeness (QED) is 0.847. The van der Waals surface area contributed by atoms with Crippen molar-refractivity contribution in [2.45, 2.75) is 32.0 Å². The van der Waals surface area contributed by atoms with Gasteiger partial charge in [-0.25, -0.2) is 14.8 Å². The average Bonchev–Trinajstić information content (AvgIpc) is 2.38. The maximum atomic E-state index is 11.8. The van der Waals surface area contributed by atoms with Crippen LogP contribution in [0.25, 0.3) is 0 Å². The number of aromatic nitrogens is 2. The molecule has 1 N–H and O–H groups in total. The maximum absolute atomic E-state index is 11.8. The van der Waals surface area contributed by atoms with Crippen LogP contribution in [0.15, 0.2) is 43.0 Å². The van der Waals surface area contributed by atoms with Gasteiger partial charge in [0.05, 0.1) is 0 Å². The van der Waals surface area contributed by atoms with Gasteiger partial charge in [0.2, 0.25) is 0 Å². The average molecular weight is 275 g/mol. The van der Waals surface area contributed by atoms with E-state index in [0.717, 1.165) is 0 Å². The monoisotopic (exact) mass is 275 g/mol. The molecular formula is C14H17N3O3. The molecule has 0 atom stereocenters. The topological polar surface area (TPSA) is 75.5 Å². The minimum atomic E-state index is -1.42. The van der Waals surface area contributed by atoms with Crippen molar-refractivity contribution >= 4 is 6.09 Å². The number of rotatable bonds is 1. The molecule has 0 aromatic carbocycles. The van der Waals surface area contributed by atoms with Gasteiger partial charge in [0.25, 0.3) is 0 Å². The van der Waals surface area contributed by atoms with Gasteiger partial charge in [0, 0.05) is 24.8 Å². The first-order valence-corrected chi connectivity index (χ1v) is 6.20. The lowest BCUT2D eigenvalue weighted by atomic mass is 10.0. The molecule has 2 heterocycles. The predicted molar refractivity (Wildman–Crippen MR) is 72.3 cm³/mol. The Labute approximate surface area is 117 Å². The minimum Gasteiger partial charge on any atom is -0.443 e. The highest BCUT2D eigenvalue weighted by Crippen LogP contribution is 2.25. The van der Waals surface area contributed by atoms with Crippen LogP contribution < -0.4 is 0 Å². The smallest absolute Gasteiger partial charge is 0.418 e. The summed E-state index contributed by atoms with van der Waals surface area (Å²) in [5, 5.41) is 10.4. The Hall–Kier alpha value is -2.21. The van der Waals surface area contributed by atoms with Crippen molar-refractivity contribution < 1.29 is 14.6 Å². The molecule has 0 bridgehead atoms. The summed E-state index contributed by atoms with van der Waals surface area (Å²) in [5.74, 6) is 0.247. The molecule has 106 valence electrons. The summed E-state index contributed by atoms with van der Waals surface area (Å²) in [6.45, 7) is 5.36. The third kappa shape index (κ3) is 3.21. The van der Waals surface area contributed by atoms with Crippen LogP contribution >= 0.6 is 0 Å². The second-order valence-electron chi connectivity index (χ2n) is 5.42. The van der Waals surface area contributed by atoms with Gasteiger partial charge in [-0.3, -0.25) is 4.90 Å². The van der Waals surface area contributed by atoms with E-state index >= 15 is 0 Å². The Kier molecular flexibility index (Phi) is 3.59. The van der Waals surface area contributed by atoms with E-state index in [-0.39, 0.29) is 5.82 Å². The van der Waals surface area contributed by atoms with Crippen molar-refractivity contribution in [2.24, 2.45) is 0 Å². The highest BCUT2D eigenvalue weighted by molar-refractivity contribution is 5.71. The van der Waals surface area contributed by atoms with Crippen molar-refractivity contribution in [2.75, 3.05) is 0 Å². The number of nitrogens with zero attached hydrogens (tertiary/aromatic N) is 3. The predicted octanol–water partition coefficient (Wildman–Crippen LogP) is 1.94. The first-order chi connectivity index (χ1) is 9.30. The first-order valence-electron chi connectivity index (χ1n) is 6.20. The second kappa shape index (κ2) is 5.05. The van der Waals surface area contributed by atoms with E-state index in [4.69, 9.17) is 4.74 Å². The van der Waals surface area contributed by atoms with Gasteiger partial charge in [-0.05, 0) is 39.0 Å². The van der Waals surface area contributed by atoms with E-state index in [1.54, 1.807) is 39.2 Å². The van der Waals surface area contributed by atoms with E-state index in [0.29, 0.717) is 0 Å². The van der Waals surface area contributed by atoms with Gasteiger partial charge in [0.15, 0.2) is 11.4 Å². The zero-order valence-electron chi connectivity index (χ0n) is 11.6. The number of aliphatic hydroxyl groups is 1. The summed E-state index contributed by atoms with van der Waals surface area (Å²) in [5.41, 5.74) is -1.99. The van der Waals surface area contributed by atoms with Gasteiger partial charge >= 0.3 is 6.09 Å². The number of carbonyl (C=O) groups excluding carboxylic acids is 1. The Morgan fingerprint density at radius 1 is 1.25 bits per heavy atom. The van der Waals surface area contributed by atoms with Gasteiger partial charge in [-0.1, -0.05) is 0 Å². The van der Waals surface area contributed by atoms with E-state index in [9.17, 15) is 9.90 Å². The summed E-state index contributed by atoms with van der Waals surface area (Å²) < 4.78 is 5.22. The molecule has 20 heavy (non-hydrogen) atoms. The van der Waals surface area contributed by atoms with E-state index in [1.807, 2.05) is 0 Å². The molecule has 0 unspecified atom stereocenters. The lowest BCUT2D eigenvalue weighted by Gasteiger charge is -2.27. The molecule has 0 radical (unpaired) electrons. The third-order valence-electron chi connectivity index (χ3n) is 2.51. The normalized spacial score (nSPS) is 17.1. The van der Waals surface area contributed by atoms with E-state index in [2.05, 4.69) is 9.97 Å². The lowest BCUT2D eigenvalue weighted by molar-refractivity contribution is 0.0383. The molecule has 0 fully saturated rings. The summed E-state index contributed by atoms with van der Waals surface area (Å²) >= 11 is 0. The zero-order chi connectivity index (χ0) is 14.8. The van der Waals surface area contributed by atoms with Gasteiger partial charge < -0.3 is 9.84 Å². The van der Waals surface area contributed by atoms with Gasteiger partial charge in [-0.15, -0.1) is 0 Å². The van der Waals surface area contributed by atoms with Crippen molar-refractivity contribution in [3.05, 3.63) is 48.8 Å². The highest BCUT2D eigenvalue weighted by Gasteiger charge is 2.30. The molecule has 1 aromatic heterocycles.